The number of benzene rings is 3. The minimum atomic E-state index is -3.71. The normalized spacial score (nSPS) is 11.2. The first kappa shape index (κ1) is 19.6. The Kier molecular flexibility index (Phi) is 5.80. The maximum atomic E-state index is 12.4. The van der Waals surface area contributed by atoms with Crippen LogP contribution in [0.5, 0.6) is 0 Å². The summed E-state index contributed by atoms with van der Waals surface area (Å²) in [5.41, 5.74) is 2.75. The summed E-state index contributed by atoms with van der Waals surface area (Å²) in [5, 5.41) is 2.82. The molecule has 1 amide bonds. The maximum Gasteiger partial charge on any atom is 0.261 e. The molecule has 0 aliphatic carbocycles. The van der Waals surface area contributed by atoms with E-state index in [4.69, 9.17) is 0 Å². The maximum absolute atomic E-state index is 12.4. The molecule has 0 aliphatic heterocycles. The molecular weight excluding hydrogens is 372 g/mol. The lowest BCUT2D eigenvalue weighted by Crippen LogP contribution is -2.14. The molecule has 6 heteroatoms. The van der Waals surface area contributed by atoms with Gasteiger partial charge in [-0.05, 0) is 60.0 Å². The van der Waals surface area contributed by atoms with Crippen molar-refractivity contribution in [1.82, 2.24) is 0 Å². The van der Waals surface area contributed by atoms with E-state index in [1.54, 1.807) is 24.3 Å². The highest BCUT2D eigenvalue weighted by Crippen LogP contribution is 2.19. The Hall–Kier alpha value is -3.12. The fourth-order valence-electron chi connectivity index (χ4n) is 2.66. The molecule has 0 spiro atoms. The molecule has 0 heterocycles. The van der Waals surface area contributed by atoms with E-state index in [9.17, 15) is 13.2 Å². The molecule has 3 rings (SSSR count). The van der Waals surface area contributed by atoms with Gasteiger partial charge in [-0.3, -0.25) is 9.52 Å². The Morgan fingerprint density at radius 2 is 1.39 bits per heavy atom. The van der Waals surface area contributed by atoms with Gasteiger partial charge in [0, 0.05) is 16.9 Å². The van der Waals surface area contributed by atoms with Gasteiger partial charge < -0.3 is 5.32 Å². The van der Waals surface area contributed by atoms with Crippen LogP contribution in [-0.4, -0.2) is 14.3 Å². The summed E-state index contributed by atoms with van der Waals surface area (Å²) < 4.78 is 27.4. The monoisotopic (exact) mass is 394 g/mol. The van der Waals surface area contributed by atoms with Crippen molar-refractivity contribution in [3.63, 3.8) is 0 Å². The molecule has 0 aliphatic rings. The van der Waals surface area contributed by atoms with E-state index in [1.165, 1.54) is 29.8 Å². The van der Waals surface area contributed by atoms with Gasteiger partial charge in [0.15, 0.2) is 0 Å². The molecule has 3 aromatic rings. The summed E-state index contributed by atoms with van der Waals surface area (Å²) in [6.45, 7) is 4.21. The summed E-state index contributed by atoms with van der Waals surface area (Å²) in [5.74, 6) is 0.126. The van der Waals surface area contributed by atoms with Gasteiger partial charge in [-0.15, -0.1) is 0 Å². The molecule has 3 aromatic carbocycles. The molecule has 0 radical (unpaired) electrons. The fraction of sp³-hybridized carbons (Fsp3) is 0.136. The summed E-state index contributed by atoms with van der Waals surface area (Å²) in [6.07, 6.45) is 0. The Balaban J connectivity index is 1.70. The van der Waals surface area contributed by atoms with Crippen LogP contribution >= 0.6 is 0 Å². The molecule has 144 valence electrons. The van der Waals surface area contributed by atoms with Crippen LogP contribution in [0.15, 0.2) is 83.8 Å². The number of hydrogen-bond acceptors (Lipinski definition) is 3. The number of nitrogens with one attached hydrogen (secondary N) is 2. The summed E-state index contributed by atoms with van der Waals surface area (Å²) >= 11 is 0. The predicted octanol–water partition coefficient (Wildman–Crippen LogP) is 4.86. The zero-order valence-electron chi connectivity index (χ0n) is 15.7. The van der Waals surface area contributed by atoms with Crippen molar-refractivity contribution < 1.29 is 13.2 Å². The number of hydrogen-bond donors (Lipinski definition) is 2. The van der Waals surface area contributed by atoms with E-state index < -0.39 is 10.0 Å². The second kappa shape index (κ2) is 8.27. The largest absolute Gasteiger partial charge is 0.322 e. The summed E-state index contributed by atoms with van der Waals surface area (Å²) in [6, 6.07) is 22.1. The van der Waals surface area contributed by atoms with Crippen LogP contribution in [0.25, 0.3) is 0 Å². The topological polar surface area (TPSA) is 75.3 Å². The van der Waals surface area contributed by atoms with Crippen molar-refractivity contribution >= 4 is 27.3 Å². The summed E-state index contributed by atoms with van der Waals surface area (Å²) in [7, 11) is -3.71. The first-order chi connectivity index (χ1) is 13.3. The van der Waals surface area contributed by atoms with Crippen LogP contribution in [-0.2, 0) is 10.0 Å². The van der Waals surface area contributed by atoms with Crippen LogP contribution in [0.2, 0.25) is 0 Å². The average Bonchev–Trinajstić information content (AvgIpc) is 2.69. The molecule has 2 N–H and O–H groups in total. The van der Waals surface area contributed by atoms with E-state index in [2.05, 4.69) is 23.9 Å². The van der Waals surface area contributed by atoms with Gasteiger partial charge in [-0.25, -0.2) is 8.42 Å². The van der Waals surface area contributed by atoms with E-state index in [0.717, 1.165) is 0 Å². The smallest absolute Gasteiger partial charge is 0.261 e. The number of carbonyl (C=O) groups excluding carboxylic acids is 1. The Bertz CT molecular complexity index is 1040. The third-order valence-corrected chi connectivity index (χ3v) is 5.69. The van der Waals surface area contributed by atoms with E-state index in [1.807, 2.05) is 30.3 Å². The number of rotatable bonds is 6. The first-order valence-electron chi connectivity index (χ1n) is 8.94. The number of para-hydroxylation sites is 1. The SMILES string of the molecule is CC(C)c1ccc(NC(=O)c2ccc(S(=O)(=O)Nc3ccccc3)cc2)cc1. The van der Waals surface area contributed by atoms with Crippen LogP contribution < -0.4 is 10.0 Å². The fourth-order valence-corrected chi connectivity index (χ4v) is 3.72. The lowest BCUT2D eigenvalue weighted by atomic mass is 10.0. The number of amides is 1. The van der Waals surface area contributed by atoms with Crippen molar-refractivity contribution in [3.8, 4) is 0 Å². The minimum Gasteiger partial charge on any atom is -0.322 e. The molecule has 0 bridgehead atoms. The van der Waals surface area contributed by atoms with Crippen LogP contribution in [0, 0.1) is 0 Å². The van der Waals surface area contributed by atoms with Crippen molar-refractivity contribution in [1.29, 1.82) is 0 Å². The average molecular weight is 394 g/mol. The molecule has 28 heavy (non-hydrogen) atoms. The van der Waals surface area contributed by atoms with Gasteiger partial charge in [0.2, 0.25) is 0 Å². The highest BCUT2D eigenvalue weighted by atomic mass is 32.2. The summed E-state index contributed by atoms with van der Waals surface area (Å²) in [4.78, 5) is 12.5. The van der Waals surface area contributed by atoms with E-state index >= 15 is 0 Å². The molecular formula is C22H22N2O3S. The molecule has 0 atom stereocenters. The van der Waals surface area contributed by atoms with Gasteiger partial charge in [0.25, 0.3) is 15.9 Å². The van der Waals surface area contributed by atoms with Gasteiger partial charge in [0.1, 0.15) is 0 Å². The van der Waals surface area contributed by atoms with Crippen LogP contribution in [0.3, 0.4) is 0 Å². The quantitative estimate of drug-likeness (QED) is 0.627. The second-order valence-corrected chi connectivity index (χ2v) is 8.41. The van der Waals surface area contributed by atoms with Gasteiger partial charge in [-0.2, -0.15) is 0 Å². The highest BCUT2D eigenvalue weighted by Gasteiger charge is 2.15. The van der Waals surface area contributed by atoms with Crippen molar-refractivity contribution in [2.75, 3.05) is 10.0 Å². The van der Waals surface area contributed by atoms with E-state index in [0.29, 0.717) is 22.9 Å². The zero-order valence-corrected chi connectivity index (χ0v) is 16.5. The third-order valence-electron chi connectivity index (χ3n) is 4.29. The zero-order chi connectivity index (χ0) is 20.1. The molecule has 5 nitrogen and oxygen atoms in total. The molecule has 0 fully saturated rings. The van der Waals surface area contributed by atoms with Crippen LogP contribution in [0.4, 0.5) is 11.4 Å². The van der Waals surface area contributed by atoms with Gasteiger partial charge in [0.05, 0.1) is 4.90 Å². The predicted molar refractivity (Wildman–Crippen MR) is 112 cm³/mol. The lowest BCUT2D eigenvalue weighted by Gasteiger charge is -2.10. The van der Waals surface area contributed by atoms with E-state index in [-0.39, 0.29) is 10.8 Å². The van der Waals surface area contributed by atoms with Gasteiger partial charge >= 0.3 is 0 Å². The van der Waals surface area contributed by atoms with Crippen molar-refractivity contribution in [3.05, 3.63) is 90.0 Å². The van der Waals surface area contributed by atoms with Gasteiger partial charge in [-0.1, -0.05) is 44.2 Å². The molecule has 0 aromatic heterocycles. The molecule has 0 saturated carbocycles. The second-order valence-electron chi connectivity index (χ2n) is 6.73. The standard InChI is InChI=1S/C22H22N2O3S/c1-16(2)17-8-12-19(13-9-17)23-22(25)18-10-14-21(15-11-18)28(26,27)24-20-6-4-3-5-7-20/h3-16,24H,1-2H3,(H,23,25). The lowest BCUT2D eigenvalue weighted by molar-refractivity contribution is 0.102. The Morgan fingerprint density at radius 1 is 0.786 bits per heavy atom. The molecule has 0 unspecified atom stereocenters. The first-order valence-corrected chi connectivity index (χ1v) is 10.4. The molecule has 0 saturated heterocycles. The Labute approximate surface area is 165 Å². The van der Waals surface area contributed by atoms with Crippen LogP contribution in [0.1, 0.15) is 35.7 Å². The van der Waals surface area contributed by atoms with Crippen molar-refractivity contribution in [2.24, 2.45) is 0 Å². The number of sulfonamides is 1. The Morgan fingerprint density at radius 3 is 1.96 bits per heavy atom. The third kappa shape index (κ3) is 4.78. The van der Waals surface area contributed by atoms with Crippen molar-refractivity contribution in [2.45, 2.75) is 24.7 Å². The highest BCUT2D eigenvalue weighted by molar-refractivity contribution is 7.92. The minimum absolute atomic E-state index is 0.0918. The number of anilines is 2. The number of carbonyl (C=O) groups is 1.